The molecule has 0 atom stereocenters. The summed E-state index contributed by atoms with van der Waals surface area (Å²) in [6.07, 6.45) is 0. The number of rotatable bonds is 17. The fraction of sp³-hybridized carbons (Fsp3) is 0.0441. The molecular formula is C136H92N10. The quantitative estimate of drug-likeness (QED) is 0.0896. The Kier molecular flexibility index (Phi) is 21.2. The van der Waals surface area contributed by atoms with Crippen LogP contribution in [0.1, 0.15) is 44.5 Å². The van der Waals surface area contributed by atoms with E-state index in [0.717, 1.165) is 227 Å². The van der Waals surface area contributed by atoms with Crippen molar-refractivity contribution in [2.45, 2.75) is 41.5 Å². The van der Waals surface area contributed by atoms with Crippen LogP contribution in [-0.2, 0) is 0 Å². The number of para-hydroxylation sites is 1. The smallest absolute Gasteiger partial charge is 0.160 e. The lowest BCUT2D eigenvalue weighted by atomic mass is 9.94. The normalized spacial score (nSPS) is 11.6. The molecule has 0 unspecified atom stereocenters. The first-order chi connectivity index (χ1) is 71.8. The molecule has 0 N–H and O–H groups in total. The van der Waals surface area contributed by atoms with E-state index in [0.29, 0.717) is 45.5 Å². The van der Waals surface area contributed by atoms with E-state index in [-0.39, 0.29) is 0 Å². The van der Waals surface area contributed by atoms with Crippen LogP contribution >= 0.6 is 0 Å². The van der Waals surface area contributed by atoms with E-state index in [1.54, 1.807) is 0 Å². The highest BCUT2D eigenvalue weighted by atomic mass is 15.0. The van der Waals surface area contributed by atoms with Gasteiger partial charge >= 0.3 is 0 Å². The van der Waals surface area contributed by atoms with Gasteiger partial charge in [-0.2, -0.15) is 10.5 Å². The van der Waals surface area contributed by atoms with Gasteiger partial charge in [0.1, 0.15) is 12.1 Å². The van der Waals surface area contributed by atoms with Gasteiger partial charge in [-0.3, -0.25) is 0 Å². The molecule has 0 saturated carbocycles. The van der Waals surface area contributed by atoms with Gasteiger partial charge in [0.05, 0.1) is 101 Å². The highest BCUT2D eigenvalue weighted by Gasteiger charge is 2.30. The molecule has 10 heteroatoms. The minimum atomic E-state index is 0.477. The molecule has 0 radical (unpaired) electrons. The second-order valence-corrected chi connectivity index (χ2v) is 38.5. The van der Waals surface area contributed by atoms with Gasteiger partial charge in [0.15, 0.2) is 11.6 Å². The molecule has 10 nitrogen and oxygen atoms in total. The largest absolute Gasteiger partial charge is 0.309 e. The Balaban J connectivity index is 0.666. The van der Waals surface area contributed by atoms with Crippen LogP contribution in [0, 0.1) is 64.2 Å². The molecule has 20 aromatic carbocycles. The van der Waals surface area contributed by atoms with Crippen molar-refractivity contribution in [3.8, 4) is 181 Å². The number of hydrogen-bond acceptors (Lipinski definition) is 6. The van der Waals surface area contributed by atoms with Crippen molar-refractivity contribution in [1.82, 2.24) is 38.2 Å². The molecule has 6 heterocycles. The zero-order chi connectivity index (χ0) is 98.1. The Bertz CT molecular complexity index is 9760. The number of fused-ring (bicyclic) bond motifs is 12. The van der Waals surface area contributed by atoms with Crippen LogP contribution in [0.4, 0.5) is 0 Å². The zero-order valence-electron chi connectivity index (χ0n) is 81.2. The molecular weight excluding hydrogens is 1770 g/mol. The predicted molar refractivity (Wildman–Crippen MR) is 603 cm³/mol. The average Bonchev–Trinajstić information content (AvgIpc) is 1.56. The maximum atomic E-state index is 12.4. The summed E-state index contributed by atoms with van der Waals surface area (Å²) in [6.45, 7) is 13.1. The van der Waals surface area contributed by atoms with E-state index in [1.807, 2.05) is 48.5 Å². The van der Waals surface area contributed by atoms with Crippen LogP contribution in [0.2, 0.25) is 0 Å². The lowest BCUT2D eigenvalue weighted by Crippen LogP contribution is -2.05. The molecule has 0 aliphatic rings. The summed E-state index contributed by atoms with van der Waals surface area (Å²) in [4.78, 5) is 22.1. The van der Waals surface area contributed by atoms with Crippen LogP contribution in [0.3, 0.4) is 0 Å². The number of aryl methyl sites for hydroxylation is 6. The topological polar surface area (TPSA) is 119 Å². The SMILES string of the molecule is Cc1ccccc1-c1ccc2c(c1)c1cc(-c3ccc(-c4ccc5c6cc(-c7ccccc7C)ccc6n(-c6cc(-c7cc(-c8ccccc8)nc(-c8ccccc8)n7)c(-n7c8ccccc8c8cc(-c9ccccc9C)ccc87)cc6C#N)c5c4)cc3C)ccc1n2-c1cc(-c2cc(-c3ccccc3)nc(-c3ccccc3)n2)c(-n2c3ccc(-c4ccccc4C)cc3c3cc(-c4ccccc4C)ccc32)cc1C#N. The third-order valence-corrected chi connectivity index (χ3v) is 29.8. The highest BCUT2D eigenvalue weighted by molar-refractivity contribution is 6.17. The number of hydrogen-bond donors (Lipinski definition) is 0. The third kappa shape index (κ3) is 14.8. The summed E-state index contributed by atoms with van der Waals surface area (Å²) in [7, 11) is 0. The van der Waals surface area contributed by atoms with Gasteiger partial charge < -0.3 is 18.3 Å². The summed E-state index contributed by atoms with van der Waals surface area (Å²) >= 11 is 0. The standard InChI is InChI=1S/C136H92N10/c1-83-31-19-24-44-103(83)95-53-61-124-111(68-95)109-49-29-30-50-123(109)144(124)133-76-102(82-138)131(78-118(133)122-80-120(90-38-13-8-14-39-90)140-136(142-122)92-42-17-10-18-43-92)146-125-62-54-96(104-45-25-20-32-84(104)2)69-112(125)110-60-52-94(74-132(110)146)93-51-59-108(88(6)67-93)100-58-64-127-114(73-100)113-70-97(105-46-26-21-33-85(105)3)55-63-126(113)143(127)130-77-117(121-79-119(89-36-11-7-12-37-89)139-135(141-121)91-40-15-9-16-41-91)134(75-101(130)81-137)145-128-65-56-98(106-47-27-22-34-86(106)4)71-115(128)116-72-99(57-66-129(116)145)107-48-28-23-35-87(107)5/h7-80H,1-6H3. The van der Waals surface area contributed by atoms with Crippen molar-refractivity contribution in [2.24, 2.45) is 0 Å². The van der Waals surface area contributed by atoms with Gasteiger partial charge in [-0.15, -0.1) is 0 Å². The fourth-order valence-corrected chi connectivity index (χ4v) is 22.5. The zero-order valence-corrected chi connectivity index (χ0v) is 81.2. The highest BCUT2D eigenvalue weighted by Crippen LogP contribution is 2.50. The van der Waals surface area contributed by atoms with Gasteiger partial charge in [0, 0.05) is 76.5 Å². The van der Waals surface area contributed by atoms with Crippen molar-refractivity contribution in [3.05, 3.63) is 493 Å². The Labute approximate surface area is 845 Å². The molecule has 0 aliphatic heterocycles. The van der Waals surface area contributed by atoms with E-state index in [4.69, 9.17) is 19.9 Å². The van der Waals surface area contributed by atoms with Crippen molar-refractivity contribution in [1.29, 1.82) is 10.5 Å². The summed E-state index contributed by atoms with van der Waals surface area (Å²) in [5.74, 6) is 1.15. The van der Waals surface area contributed by atoms with Crippen molar-refractivity contribution in [3.63, 3.8) is 0 Å². The van der Waals surface area contributed by atoms with Gasteiger partial charge in [-0.25, -0.2) is 19.9 Å². The van der Waals surface area contributed by atoms with E-state index in [1.165, 1.54) is 27.8 Å². The molecule has 0 fully saturated rings. The molecule has 26 aromatic rings. The monoisotopic (exact) mass is 1860 g/mol. The molecule has 146 heavy (non-hydrogen) atoms. The van der Waals surface area contributed by atoms with Gasteiger partial charge in [-0.05, 0) is 274 Å². The molecule has 0 bridgehead atoms. The van der Waals surface area contributed by atoms with Gasteiger partial charge in [-0.1, -0.05) is 328 Å². The Morgan fingerprint density at radius 1 is 0.164 bits per heavy atom. The number of nitriles is 2. The molecule has 0 amide bonds. The van der Waals surface area contributed by atoms with Crippen molar-refractivity contribution in [2.75, 3.05) is 0 Å². The van der Waals surface area contributed by atoms with Crippen molar-refractivity contribution >= 4 is 87.2 Å². The van der Waals surface area contributed by atoms with E-state index in [2.05, 4.69) is 472 Å². The number of benzene rings is 20. The first-order valence-electron chi connectivity index (χ1n) is 49.6. The fourth-order valence-electron chi connectivity index (χ4n) is 22.5. The van der Waals surface area contributed by atoms with E-state index < -0.39 is 0 Å². The van der Waals surface area contributed by atoms with E-state index in [9.17, 15) is 10.5 Å². The predicted octanol–water partition coefficient (Wildman–Crippen LogP) is 34.9. The minimum absolute atomic E-state index is 0.477. The Hall–Kier alpha value is -19.3. The molecule has 0 aliphatic carbocycles. The number of aromatic nitrogens is 8. The molecule has 6 aromatic heterocycles. The van der Waals surface area contributed by atoms with E-state index >= 15 is 0 Å². The second-order valence-electron chi connectivity index (χ2n) is 38.5. The first-order valence-corrected chi connectivity index (χ1v) is 49.6. The van der Waals surface area contributed by atoms with Gasteiger partial charge in [0.2, 0.25) is 0 Å². The first kappa shape index (κ1) is 87.0. The summed E-state index contributed by atoms with van der Waals surface area (Å²) in [5.41, 5.74) is 42.3. The van der Waals surface area contributed by atoms with Crippen LogP contribution in [0.5, 0.6) is 0 Å². The second kappa shape index (κ2) is 35.5. The summed E-state index contributed by atoms with van der Waals surface area (Å²) in [5, 5.41) is 33.1. The van der Waals surface area contributed by atoms with Crippen LogP contribution in [-0.4, -0.2) is 38.2 Å². The molecule has 686 valence electrons. The maximum absolute atomic E-state index is 12.4. The summed E-state index contributed by atoms with van der Waals surface area (Å²) in [6, 6.07) is 166. The van der Waals surface area contributed by atoms with Crippen molar-refractivity contribution < 1.29 is 0 Å². The van der Waals surface area contributed by atoms with Crippen LogP contribution < -0.4 is 0 Å². The molecule has 0 saturated heterocycles. The third-order valence-electron chi connectivity index (χ3n) is 29.8. The van der Waals surface area contributed by atoms with Crippen LogP contribution in [0.25, 0.3) is 256 Å². The molecule has 26 rings (SSSR count). The molecule has 0 spiro atoms. The van der Waals surface area contributed by atoms with Crippen LogP contribution in [0.15, 0.2) is 449 Å². The maximum Gasteiger partial charge on any atom is 0.160 e. The lowest BCUT2D eigenvalue weighted by molar-refractivity contribution is 1.12. The van der Waals surface area contributed by atoms with Gasteiger partial charge in [0.25, 0.3) is 0 Å². The minimum Gasteiger partial charge on any atom is -0.309 e. The summed E-state index contributed by atoms with van der Waals surface area (Å²) < 4.78 is 9.33. The Morgan fingerprint density at radius 3 is 0.767 bits per heavy atom. The Morgan fingerprint density at radius 2 is 0.425 bits per heavy atom. The average molecular weight is 1870 g/mol. The number of nitrogens with zero attached hydrogens (tertiary/aromatic N) is 10. The lowest BCUT2D eigenvalue weighted by Gasteiger charge is -2.19.